The molecule has 3 N–H and O–H groups in total. The fraction of sp³-hybridized carbons (Fsp3) is 0.500. The minimum Gasteiger partial charge on any atom is -0.481 e. The van der Waals surface area contributed by atoms with Gasteiger partial charge in [0, 0.05) is 13.5 Å². The predicted molar refractivity (Wildman–Crippen MR) is 57.5 cm³/mol. The second-order valence-corrected chi connectivity index (χ2v) is 4.31. The van der Waals surface area contributed by atoms with E-state index in [2.05, 4.69) is 5.10 Å². The van der Waals surface area contributed by atoms with E-state index in [0.717, 1.165) is 0 Å². The number of nitrogens with two attached hydrogens (primary N) is 1. The summed E-state index contributed by atoms with van der Waals surface area (Å²) in [6.07, 6.45) is 0.177. The number of hydrogen-bond acceptors (Lipinski definition) is 4. The largest absolute Gasteiger partial charge is 0.481 e. The molecule has 6 heteroatoms. The van der Waals surface area contributed by atoms with E-state index in [1.54, 1.807) is 20.9 Å². The SMILES string of the molecule is Cn1nc(CC(C)(C)C(=O)O)c(C#N)c1N. The Morgan fingerprint density at radius 1 is 1.69 bits per heavy atom. The minimum absolute atomic E-state index is 0.177. The number of nitriles is 1. The first-order valence-corrected chi connectivity index (χ1v) is 4.74. The van der Waals surface area contributed by atoms with Crippen LogP contribution in [0.4, 0.5) is 5.82 Å². The Bertz CT molecular complexity index is 468. The van der Waals surface area contributed by atoms with Crippen molar-refractivity contribution in [3.63, 3.8) is 0 Å². The third-order valence-electron chi connectivity index (χ3n) is 2.46. The van der Waals surface area contributed by atoms with E-state index in [1.165, 1.54) is 4.68 Å². The molecule has 0 aliphatic rings. The minimum atomic E-state index is -0.966. The number of aliphatic carboxylic acids is 1. The van der Waals surface area contributed by atoms with Crippen molar-refractivity contribution in [2.75, 3.05) is 5.73 Å². The van der Waals surface area contributed by atoms with Crippen molar-refractivity contribution in [2.45, 2.75) is 20.3 Å². The zero-order valence-corrected chi connectivity index (χ0v) is 9.48. The number of nitrogens with zero attached hydrogens (tertiary/aromatic N) is 3. The molecule has 86 valence electrons. The van der Waals surface area contributed by atoms with Crippen LogP contribution in [0.2, 0.25) is 0 Å². The lowest BCUT2D eigenvalue weighted by Gasteiger charge is -2.17. The highest BCUT2D eigenvalue weighted by Gasteiger charge is 2.30. The van der Waals surface area contributed by atoms with Crippen LogP contribution in [0.15, 0.2) is 0 Å². The van der Waals surface area contributed by atoms with Gasteiger partial charge in [0.2, 0.25) is 0 Å². The molecule has 0 fully saturated rings. The monoisotopic (exact) mass is 222 g/mol. The molecule has 0 aliphatic heterocycles. The van der Waals surface area contributed by atoms with Crippen molar-refractivity contribution in [2.24, 2.45) is 12.5 Å². The fourth-order valence-corrected chi connectivity index (χ4v) is 1.33. The van der Waals surface area contributed by atoms with Gasteiger partial charge in [0.05, 0.1) is 11.1 Å². The molecule has 0 spiro atoms. The molecule has 0 aliphatic carbocycles. The molecular formula is C10H14N4O2. The van der Waals surface area contributed by atoms with Gasteiger partial charge in [0.15, 0.2) is 0 Å². The number of carboxylic acids is 1. The molecular weight excluding hydrogens is 208 g/mol. The lowest BCUT2D eigenvalue weighted by molar-refractivity contribution is -0.146. The molecule has 0 unspecified atom stereocenters. The van der Waals surface area contributed by atoms with Crippen molar-refractivity contribution in [3.05, 3.63) is 11.3 Å². The Morgan fingerprint density at radius 2 is 2.25 bits per heavy atom. The van der Waals surface area contributed by atoms with Crippen molar-refractivity contribution in [1.82, 2.24) is 9.78 Å². The number of aromatic nitrogens is 2. The molecule has 6 nitrogen and oxygen atoms in total. The molecule has 0 saturated carbocycles. The van der Waals surface area contributed by atoms with Gasteiger partial charge in [0.1, 0.15) is 17.5 Å². The lowest BCUT2D eigenvalue weighted by atomic mass is 9.87. The van der Waals surface area contributed by atoms with Gasteiger partial charge in [-0.1, -0.05) is 0 Å². The molecule has 16 heavy (non-hydrogen) atoms. The first kappa shape index (κ1) is 12.0. The van der Waals surface area contributed by atoms with Crippen LogP contribution in [0.1, 0.15) is 25.1 Å². The number of aryl methyl sites for hydroxylation is 1. The predicted octanol–water partition coefficient (Wildman–Crippen LogP) is 0.527. The summed E-state index contributed by atoms with van der Waals surface area (Å²) < 4.78 is 1.38. The Hall–Kier alpha value is -2.03. The second kappa shape index (κ2) is 3.85. The highest BCUT2D eigenvalue weighted by Crippen LogP contribution is 2.25. The van der Waals surface area contributed by atoms with Crippen LogP contribution in [-0.4, -0.2) is 20.9 Å². The highest BCUT2D eigenvalue weighted by atomic mass is 16.4. The summed E-state index contributed by atoms with van der Waals surface area (Å²) in [6, 6.07) is 1.94. The molecule has 0 radical (unpaired) electrons. The average molecular weight is 222 g/mol. The summed E-state index contributed by atoms with van der Waals surface area (Å²) in [4.78, 5) is 11.0. The molecule has 1 aromatic rings. The van der Waals surface area contributed by atoms with Crippen LogP contribution in [0.25, 0.3) is 0 Å². The van der Waals surface area contributed by atoms with Crippen LogP contribution in [0.5, 0.6) is 0 Å². The Morgan fingerprint density at radius 3 is 2.69 bits per heavy atom. The Labute approximate surface area is 93.3 Å². The normalized spacial score (nSPS) is 11.1. The van der Waals surface area contributed by atoms with Crippen molar-refractivity contribution < 1.29 is 9.90 Å². The molecule has 0 amide bonds. The number of carbonyl (C=O) groups is 1. The van der Waals surface area contributed by atoms with Gasteiger partial charge in [-0.15, -0.1) is 0 Å². The van der Waals surface area contributed by atoms with E-state index in [4.69, 9.17) is 16.1 Å². The van der Waals surface area contributed by atoms with Crippen LogP contribution in [0.3, 0.4) is 0 Å². The first-order chi connectivity index (χ1) is 7.29. The van der Waals surface area contributed by atoms with Crippen molar-refractivity contribution in [1.29, 1.82) is 5.26 Å². The highest BCUT2D eigenvalue weighted by molar-refractivity contribution is 5.74. The van der Waals surface area contributed by atoms with E-state index in [1.807, 2.05) is 6.07 Å². The van der Waals surface area contributed by atoms with Gasteiger partial charge < -0.3 is 10.8 Å². The zero-order chi connectivity index (χ0) is 12.5. The topological polar surface area (TPSA) is 105 Å². The summed E-state index contributed by atoms with van der Waals surface area (Å²) in [7, 11) is 1.62. The molecule has 0 bridgehead atoms. The first-order valence-electron chi connectivity index (χ1n) is 4.74. The Balaban J connectivity index is 3.13. The summed E-state index contributed by atoms with van der Waals surface area (Å²) in [6.45, 7) is 3.17. The lowest BCUT2D eigenvalue weighted by Crippen LogP contribution is -2.26. The van der Waals surface area contributed by atoms with Gasteiger partial charge in [-0.2, -0.15) is 10.4 Å². The maximum Gasteiger partial charge on any atom is 0.309 e. The maximum atomic E-state index is 11.0. The van der Waals surface area contributed by atoms with E-state index in [0.29, 0.717) is 5.69 Å². The van der Waals surface area contributed by atoms with E-state index in [9.17, 15) is 4.79 Å². The van der Waals surface area contributed by atoms with Crippen LogP contribution in [0, 0.1) is 16.7 Å². The quantitative estimate of drug-likeness (QED) is 0.776. The molecule has 1 rings (SSSR count). The van der Waals surface area contributed by atoms with Crippen LogP contribution >= 0.6 is 0 Å². The van der Waals surface area contributed by atoms with Gasteiger partial charge in [-0.25, -0.2) is 0 Å². The van der Waals surface area contributed by atoms with Crippen molar-refractivity contribution >= 4 is 11.8 Å². The summed E-state index contributed by atoms with van der Waals surface area (Å²) in [5.74, 6) is -0.667. The number of hydrogen-bond donors (Lipinski definition) is 2. The molecule has 0 atom stereocenters. The second-order valence-electron chi connectivity index (χ2n) is 4.31. The van der Waals surface area contributed by atoms with Gasteiger partial charge in [-0.05, 0) is 13.8 Å². The maximum absolute atomic E-state index is 11.0. The van der Waals surface area contributed by atoms with E-state index < -0.39 is 11.4 Å². The molecule has 1 heterocycles. The standard InChI is InChI=1S/C10H14N4O2/c1-10(2,9(15)16)4-7-6(5-11)8(12)14(3)13-7/h4,12H2,1-3H3,(H,15,16). The zero-order valence-electron chi connectivity index (χ0n) is 9.48. The number of nitrogen functional groups attached to an aromatic ring is 1. The summed E-state index contributed by atoms with van der Waals surface area (Å²) in [5.41, 5.74) is 5.36. The smallest absolute Gasteiger partial charge is 0.309 e. The van der Waals surface area contributed by atoms with E-state index >= 15 is 0 Å². The number of carboxylic acid groups (broad SMARTS) is 1. The summed E-state index contributed by atoms with van der Waals surface area (Å²) >= 11 is 0. The van der Waals surface area contributed by atoms with Crippen LogP contribution < -0.4 is 5.73 Å². The molecule has 0 saturated heterocycles. The van der Waals surface area contributed by atoms with Gasteiger partial charge in [-0.3, -0.25) is 9.48 Å². The molecule has 0 aromatic carbocycles. The average Bonchev–Trinajstić information content (AvgIpc) is 2.41. The Kier molecular flexibility index (Phi) is 2.90. The van der Waals surface area contributed by atoms with E-state index in [-0.39, 0.29) is 17.8 Å². The van der Waals surface area contributed by atoms with Gasteiger partial charge >= 0.3 is 5.97 Å². The third kappa shape index (κ3) is 1.98. The fourth-order valence-electron chi connectivity index (χ4n) is 1.33. The third-order valence-corrected chi connectivity index (χ3v) is 2.46. The van der Waals surface area contributed by atoms with Crippen LogP contribution in [-0.2, 0) is 18.3 Å². The number of rotatable bonds is 3. The molecule has 1 aromatic heterocycles. The summed E-state index contributed by atoms with van der Waals surface area (Å²) in [5, 5.41) is 22.0. The number of anilines is 1. The van der Waals surface area contributed by atoms with Gasteiger partial charge in [0.25, 0.3) is 0 Å². The van der Waals surface area contributed by atoms with Crippen molar-refractivity contribution in [3.8, 4) is 6.07 Å².